The smallest absolute Gasteiger partial charge is 0.417 e. The zero-order valence-electron chi connectivity index (χ0n) is 14.8. The summed E-state index contributed by atoms with van der Waals surface area (Å²) in [5.41, 5.74) is 7.61. The molecule has 26 heavy (non-hydrogen) atoms. The highest BCUT2D eigenvalue weighted by Crippen LogP contribution is 2.60. The molecule has 0 bridgehead atoms. The normalized spacial score (nSPS) is 33.1. The van der Waals surface area contributed by atoms with E-state index in [0.29, 0.717) is 29.9 Å². The molecule has 5 atom stereocenters. The molecule has 2 fully saturated rings. The SMILES string of the molecule is NC(=O)CC1CCC2C(C1)c1c(OC(O)(O)O)cccc1C1CCCC12. The van der Waals surface area contributed by atoms with Crippen molar-refractivity contribution in [3.05, 3.63) is 29.3 Å². The predicted octanol–water partition coefficient (Wildman–Crippen LogP) is 1.93. The van der Waals surface area contributed by atoms with E-state index in [1.165, 1.54) is 18.4 Å². The van der Waals surface area contributed by atoms with Gasteiger partial charge in [0.05, 0.1) is 0 Å². The lowest BCUT2D eigenvalue weighted by Crippen LogP contribution is -2.38. The maximum absolute atomic E-state index is 11.4. The summed E-state index contributed by atoms with van der Waals surface area (Å²) in [6.07, 6.45) is 3.67. The highest BCUT2D eigenvalue weighted by molar-refractivity contribution is 5.74. The number of ether oxygens (including phenoxy) is 1. The van der Waals surface area contributed by atoms with Crippen LogP contribution in [0.15, 0.2) is 18.2 Å². The third kappa shape index (κ3) is 3.21. The molecule has 5 unspecified atom stereocenters. The van der Waals surface area contributed by atoms with Crippen molar-refractivity contribution in [2.75, 3.05) is 0 Å². The second-order valence-electron chi connectivity index (χ2n) is 8.26. The van der Waals surface area contributed by atoms with Gasteiger partial charge in [-0.2, -0.15) is 0 Å². The Kier molecular flexibility index (Phi) is 4.45. The molecule has 3 aliphatic carbocycles. The fourth-order valence-electron chi connectivity index (χ4n) is 6.00. The Morgan fingerprint density at radius 2 is 1.88 bits per heavy atom. The molecule has 5 N–H and O–H groups in total. The predicted molar refractivity (Wildman–Crippen MR) is 93.9 cm³/mol. The molecule has 0 aromatic heterocycles. The minimum absolute atomic E-state index is 0.195. The van der Waals surface area contributed by atoms with Crippen molar-refractivity contribution in [1.29, 1.82) is 0 Å². The van der Waals surface area contributed by atoms with E-state index in [1.54, 1.807) is 6.07 Å². The number of fused-ring (bicyclic) bond motifs is 6. The topological polar surface area (TPSA) is 113 Å². The van der Waals surface area contributed by atoms with Gasteiger partial charge in [0, 0.05) is 12.0 Å². The largest absolute Gasteiger partial charge is 0.453 e. The Balaban J connectivity index is 1.75. The van der Waals surface area contributed by atoms with E-state index < -0.39 is 6.16 Å². The van der Waals surface area contributed by atoms with Crippen molar-refractivity contribution in [3.8, 4) is 5.75 Å². The van der Waals surface area contributed by atoms with E-state index in [4.69, 9.17) is 10.5 Å². The van der Waals surface area contributed by atoms with Crippen molar-refractivity contribution in [3.63, 3.8) is 0 Å². The Labute approximate surface area is 153 Å². The molecule has 0 spiro atoms. The first-order valence-corrected chi connectivity index (χ1v) is 9.60. The number of carbonyl (C=O) groups is 1. The molecule has 3 aliphatic rings. The van der Waals surface area contributed by atoms with E-state index in [9.17, 15) is 20.1 Å². The number of hydrogen-bond acceptors (Lipinski definition) is 5. The van der Waals surface area contributed by atoms with Gasteiger partial charge in [-0.1, -0.05) is 18.6 Å². The molecule has 1 aromatic rings. The summed E-state index contributed by atoms with van der Waals surface area (Å²) in [5, 5.41) is 28.1. The number of primary amides is 1. The number of aliphatic hydroxyl groups is 3. The molecular formula is C20H27NO5. The number of nitrogens with two attached hydrogens (primary N) is 1. The van der Waals surface area contributed by atoms with Crippen LogP contribution in [0.1, 0.15) is 67.9 Å². The third-order valence-corrected chi connectivity index (χ3v) is 6.74. The number of amides is 1. The van der Waals surface area contributed by atoms with Gasteiger partial charge in [0.2, 0.25) is 5.91 Å². The molecule has 0 heterocycles. The van der Waals surface area contributed by atoms with Crippen LogP contribution in [0.2, 0.25) is 0 Å². The lowest BCUT2D eigenvalue weighted by atomic mass is 9.58. The first-order valence-electron chi connectivity index (χ1n) is 9.60. The van der Waals surface area contributed by atoms with Gasteiger partial charge >= 0.3 is 6.16 Å². The lowest BCUT2D eigenvalue weighted by Gasteiger charge is -2.47. The minimum Gasteiger partial charge on any atom is -0.417 e. The second kappa shape index (κ2) is 6.51. The van der Waals surface area contributed by atoms with Crippen molar-refractivity contribution >= 4 is 5.91 Å². The van der Waals surface area contributed by atoms with Crippen LogP contribution >= 0.6 is 0 Å². The highest BCUT2D eigenvalue weighted by atomic mass is 16.9. The fraction of sp³-hybridized carbons (Fsp3) is 0.650. The average molecular weight is 361 g/mol. The zero-order valence-corrected chi connectivity index (χ0v) is 14.8. The summed E-state index contributed by atoms with van der Waals surface area (Å²) in [6, 6.07) is 5.63. The summed E-state index contributed by atoms with van der Waals surface area (Å²) >= 11 is 0. The summed E-state index contributed by atoms with van der Waals surface area (Å²) in [4.78, 5) is 11.4. The first kappa shape index (κ1) is 17.8. The molecule has 0 radical (unpaired) electrons. The molecule has 1 amide bonds. The summed E-state index contributed by atoms with van der Waals surface area (Å²) in [5.74, 6) is 2.11. The van der Waals surface area contributed by atoms with Crippen LogP contribution in [0.3, 0.4) is 0 Å². The summed E-state index contributed by atoms with van der Waals surface area (Å²) < 4.78 is 5.09. The van der Waals surface area contributed by atoms with Gasteiger partial charge in [-0.25, -0.2) is 0 Å². The summed E-state index contributed by atoms with van der Waals surface area (Å²) in [6.45, 7) is 0. The average Bonchev–Trinajstić information content (AvgIpc) is 3.02. The molecule has 142 valence electrons. The van der Waals surface area contributed by atoms with Crippen LogP contribution in [0.5, 0.6) is 5.75 Å². The number of rotatable bonds is 4. The number of carbonyl (C=O) groups excluding carboxylic acids is 1. The molecular weight excluding hydrogens is 334 g/mol. The Bertz CT molecular complexity index is 698. The fourth-order valence-corrected chi connectivity index (χ4v) is 6.00. The Morgan fingerprint density at radius 1 is 1.12 bits per heavy atom. The molecule has 0 saturated heterocycles. The maximum atomic E-state index is 11.4. The molecule has 4 rings (SSSR count). The number of hydrogen-bond donors (Lipinski definition) is 4. The number of benzene rings is 1. The second-order valence-corrected chi connectivity index (χ2v) is 8.26. The lowest BCUT2D eigenvalue weighted by molar-refractivity contribution is -0.419. The molecule has 2 saturated carbocycles. The Hall–Kier alpha value is -1.63. The Morgan fingerprint density at radius 3 is 2.62 bits per heavy atom. The molecule has 0 aliphatic heterocycles. The van der Waals surface area contributed by atoms with E-state index in [2.05, 4.69) is 6.07 Å². The summed E-state index contributed by atoms with van der Waals surface area (Å²) in [7, 11) is 0. The standard InChI is InChI=1S/C20H27NO5/c21-18(22)10-11-7-8-14-12-3-1-4-13(12)15-5-2-6-17(26-20(23,24)25)19(15)16(14)9-11/h2,5-6,11-14,16,23-25H,1,3-4,7-10H2,(H2,21,22). The van der Waals surface area contributed by atoms with E-state index in [-0.39, 0.29) is 17.7 Å². The van der Waals surface area contributed by atoms with Crippen LogP contribution in [0, 0.1) is 17.8 Å². The zero-order chi connectivity index (χ0) is 18.5. The highest BCUT2D eigenvalue weighted by Gasteiger charge is 2.48. The van der Waals surface area contributed by atoms with Crippen LogP contribution in [0.4, 0.5) is 0 Å². The van der Waals surface area contributed by atoms with Crippen LogP contribution < -0.4 is 10.5 Å². The van der Waals surface area contributed by atoms with Gasteiger partial charge in [-0.05, 0) is 73.3 Å². The van der Waals surface area contributed by atoms with Gasteiger partial charge in [-0.15, -0.1) is 0 Å². The van der Waals surface area contributed by atoms with Crippen molar-refractivity contribution < 1.29 is 24.9 Å². The van der Waals surface area contributed by atoms with Crippen molar-refractivity contribution in [1.82, 2.24) is 0 Å². The van der Waals surface area contributed by atoms with E-state index in [0.717, 1.165) is 31.2 Å². The van der Waals surface area contributed by atoms with Crippen molar-refractivity contribution in [2.24, 2.45) is 23.5 Å². The van der Waals surface area contributed by atoms with E-state index >= 15 is 0 Å². The van der Waals surface area contributed by atoms with Crippen LogP contribution in [-0.4, -0.2) is 27.4 Å². The van der Waals surface area contributed by atoms with Gasteiger partial charge in [0.15, 0.2) is 0 Å². The molecule has 6 nitrogen and oxygen atoms in total. The quantitative estimate of drug-likeness (QED) is 0.612. The van der Waals surface area contributed by atoms with Gasteiger partial charge < -0.3 is 25.8 Å². The maximum Gasteiger partial charge on any atom is 0.453 e. The first-order chi connectivity index (χ1) is 12.3. The molecule has 1 aromatic carbocycles. The van der Waals surface area contributed by atoms with Gasteiger partial charge in [0.25, 0.3) is 0 Å². The third-order valence-electron chi connectivity index (χ3n) is 6.74. The van der Waals surface area contributed by atoms with Crippen LogP contribution in [-0.2, 0) is 4.79 Å². The van der Waals surface area contributed by atoms with Crippen molar-refractivity contribution in [2.45, 2.75) is 62.9 Å². The molecule has 6 heteroatoms. The van der Waals surface area contributed by atoms with Crippen LogP contribution in [0.25, 0.3) is 0 Å². The monoisotopic (exact) mass is 361 g/mol. The minimum atomic E-state index is -3.20. The van der Waals surface area contributed by atoms with E-state index in [1.807, 2.05) is 6.07 Å². The van der Waals surface area contributed by atoms with Gasteiger partial charge in [0.1, 0.15) is 5.75 Å². The van der Waals surface area contributed by atoms with Gasteiger partial charge in [-0.3, -0.25) is 4.79 Å².